The van der Waals surface area contributed by atoms with Crippen LogP contribution in [0.1, 0.15) is 49.9 Å². The summed E-state index contributed by atoms with van der Waals surface area (Å²) in [6.45, 7) is 6.57. The zero-order chi connectivity index (χ0) is 14.1. The highest BCUT2D eigenvalue weighted by Gasteiger charge is 2.12. The average molecular weight is 265 g/mol. The van der Waals surface area contributed by atoms with Crippen molar-refractivity contribution in [2.45, 2.75) is 39.5 Å². The lowest BCUT2D eigenvalue weighted by Gasteiger charge is -2.21. The smallest absolute Gasteiger partial charge is 0.176 e. The number of halogens is 1. The van der Waals surface area contributed by atoms with Gasteiger partial charge in [0.05, 0.1) is 6.54 Å². The molecule has 0 aliphatic rings. The fourth-order valence-corrected chi connectivity index (χ4v) is 1.99. The van der Waals surface area contributed by atoms with Gasteiger partial charge in [-0.1, -0.05) is 38.8 Å². The Morgan fingerprint density at radius 3 is 2.32 bits per heavy atom. The lowest BCUT2D eigenvalue weighted by Crippen LogP contribution is -2.31. The minimum Gasteiger partial charge on any atom is -0.296 e. The first kappa shape index (κ1) is 15.8. The monoisotopic (exact) mass is 265 g/mol. The van der Waals surface area contributed by atoms with Gasteiger partial charge < -0.3 is 0 Å². The van der Waals surface area contributed by atoms with E-state index in [0.29, 0.717) is 12.1 Å². The quantitative estimate of drug-likeness (QED) is 0.631. The zero-order valence-corrected chi connectivity index (χ0v) is 12.0. The number of unbranched alkanes of at least 4 members (excludes halogenated alkanes) is 2. The summed E-state index contributed by atoms with van der Waals surface area (Å²) in [5.74, 6) is -0.341. The zero-order valence-electron chi connectivity index (χ0n) is 12.0. The molecular weight excluding hydrogens is 241 g/mol. The summed E-state index contributed by atoms with van der Waals surface area (Å²) in [7, 11) is 0. The van der Waals surface area contributed by atoms with Gasteiger partial charge in [0.1, 0.15) is 5.82 Å². The molecule has 0 aliphatic heterocycles. The topological polar surface area (TPSA) is 20.3 Å². The summed E-state index contributed by atoms with van der Waals surface area (Å²) in [6.07, 6.45) is 4.44. The maximum absolute atomic E-state index is 13.1. The first-order chi connectivity index (χ1) is 9.17. The molecule has 0 N–H and O–H groups in total. The molecule has 0 aliphatic carbocycles. The Morgan fingerprint density at radius 1 is 1.16 bits per heavy atom. The fourth-order valence-electron chi connectivity index (χ4n) is 1.99. The van der Waals surface area contributed by atoms with E-state index in [0.717, 1.165) is 38.8 Å². The lowest BCUT2D eigenvalue weighted by atomic mass is 10.1. The number of hydrogen-bond acceptors (Lipinski definition) is 2. The highest BCUT2D eigenvalue weighted by atomic mass is 19.1. The van der Waals surface area contributed by atoms with E-state index in [2.05, 4.69) is 18.7 Å². The largest absolute Gasteiger partial charge is 0.296 e. The van der Waals surface area contributed by atoms with E-state index in [-0.39, 0.29) is 11.6 Å². The summed E-state index contributed by atoms with van der Waals surface area (Å²) in [4.78, 5) is 14.3. The Balaban J connectivity index is 2.58. The standard InChI is InChI=1S/C16H24FNO/c1-3-5-10-18(11-6-4-2)13-16(19)14-8-7-9-15(17)12-14/h7-9,12H,3-6,10-11,13H2,1-2H3. The summed E-state index contributed by atoms with van der Waals surface area (Å²) in [6, 6.07) is 5.96. The van der Waals surface area contributed by atoms with Crippen molar-refractivity contribution >= 4 is 5.78 Å². The van der Waals surface area contributed by atoms with Crippen molar-refractivity contribution in [2.24, 2.45) is 0 Å². The third-order valence-corrected chi connectivity index (χ3v) is 3.17. The number of ketones is 1. The molecule has 1 rings (SSSR count). The Labute approximate surface area is 115 Å². The van der Waals surface area contributed by atoms with E-state index < -0.39 is 0 Å². The Bertz CT molecular complexity index is 384. The molecule has 0 unspecified atom stereocenters. The van der Waals surface area contributed by atoms with Gasteiger partial charge in [-0.25, -0.2) is 4.39 Å². The molecule has 0 saturated carbocycles. The number of carbonyl (C=O) groups is 1. The van der Waals surface area contributed by atoms with Gasteiger partial charge in [0.15, 0.2) is 5.78 Å². The molecule has 0 fully saturated rings. The van der Waals surface area contributed by atoms with Crippen LogP contribution in [0.5, 0.6) is 0 Å². The third-order valence-electron chi connectivity index (χ3n) is 3.17. The normalized spacial score (nSPS) is 10.9. The Kier molecular flexibility index (Phi) is 7.34. The molecule has 3 heteroatoms. The molecule has 1 aromatic rings. The Morgan fingerprint density at radius 2 is 1.79 bits per heavy atom. The number of nitrogens with zero attached hydrogens (tertiary/aromatic N) is 1. The number of Topliss-reactive ketones (excluding diaryl/α,β-unsaturated/α-hetero) is 1. The number of rotatable bonds is 9. The molecule has 0 saturated heterocycles. The maximum atomic E-state index is 13.1. The highest BCUT2D eigenvalue weighted by Crippen LogP contribution is 2.07. The van der Waals surface area contributed by atoms with E-state index in [1.165, 1.54) is 12.1 Å². The van der Waals surface area contributed by atoms with Crippen LogP contribution >= 0.6 is 0 Å². The number of carbonyl (C=O) groups excluding carboxylic acids is 1. The maximum Gasteiger partial charge on any atom is 0.176 e. The molecule has 19 heavy (non-hydrogen) atoms. The van der Waals surface area contributed by atoms with Crippen LogP contribution in [0.4, 0.5) is 4.39 Å². The molecule has 2 nitrogen and oxygen atoms in total. The van der Waals surface area contributed by atoms with Crippen molar-refractivity contribution in [1.82, 2.24) is 4.90 Å². The molecule has 106 valence electrons. The molecule has 0 amide bonds. The molecule has 0 atom stereocenters. The first-order valence-electron chi connectivity index (χ1n) is 7.18. The van der Waals surface area contributed by atoms with E-state index >= 15 is 0 Å². The summed E-state index contributed by atoms with van der Waals surface area (Å²) in [5, 5.41) is 0. The van der Waals surface area contributed by atoms with Crippen molar-refractivity contribution in [1.29, 1.82) is 0 Å². The van der Waals surface area contributed by atoms with Crippen LogP contribution in [-0.2, 0) is 0 Å². The van der Waals surface area contributed by atoms with Gasteiger partial charge in [-0.3, -0.25) is 9.69 Å². The molecule has 0 aromatic heterocycles. The highest BCUT2D eigenvalue weighted by molar-refractivity contribution is 5.97. The third kappa shape index (κ3) is 5.97. The van der Waals surface area contributed by atoms with Crippen LogP contribution in [0, 0.1) is 5.82 Å². The van der Waals surface area contributed by atoms with Gasteiger partial charge in [0, 0.05) is 5.56 Å². The predicted octanol–water partition coefficient (Wildman–Crippen LogP) is 3.91. The van der Waals surface area contributed by atoms with E-state index in [9.17, 15) is 9.18 Å². The van der Waals surface area contributed by atoms with Crippen LogP contribution < -0.4 is 0 Å². The molecular formula is C16H24FNO. The van der Waals surface area contributed by atoms with Crippen LogP contribution in [-0.4, -0.2) is 30.3 Å². The van der Waals surface area contributed by atoms with Crippen molar-refractivity contribution in [3.8, 4) is 0 Å². The molecule has 0 spiro atoms. The van der Waals surface area contributed by atoms with Crippen LogP contribution in [0.15, 0.2) is 24.3 Å². The molecule has 1 aromatic carbocycles. The average Bonchev–Trinajstić information content (AvgIpc) is 2.41. The van der Waals surface area contributed by atoms with Gasteiger partial charge in [-0.2, -0.15) is 0 Å². The van der Waals surface area contributed by atoms with Crippen LogP contribution in [0.3, 0.4) is 0 Å². The molecule has 0 heterocycles. The second-order valence-electron chi connectivity index (χ2n) is 4.92. The van der Waals surface area contributed by atoms with E-state index in [1.807, 2.05) is 0 Å². The SMILES string of the molecule is CCCCN(CCCC)CC(=O)c1cccc(F)c1. The fraction of sp³-hybridized carbons (Fsp3) is 0.562. The second kappa shape index (κ2) is 8.81. The molecule has 0 bridgehead atoms. The number of benzene rings is 1. The van der Waals surface area contributed by atoms with E-state index in [4.69, 9.17) is 0 Å². The Hall–Kier alpha value is -1.22. The minimum atomic E-state index is -0.348. The number of hydrogen-bond donors (Lipinski definition) is 0. The van der Waals surface area contributed by atoms with E-state index in [1.54, 1.807) is 12.1 Å². The summed E-state index contributed by atoms with van der Waals surface area (Å²) >= 11 is 0. The van der Waals surface area contributed by atoms with Gasteiger partial charge in [0.25, 0.3) is 0 Å². The summed E-state index contributed by atoms with van der Waals surface area (Å²) < 4.78 is 13.1. The van der Waals surface area contributed by atoms with Crippen molar-refractivity contribution in [3.63, 3.8) is 0 Å². The van der Waals surface area contributed by atoms with Gasteiger partial charge >= 0.3 is 0 Å². The van der Waals surface area contributed by atoms with Crippen molar-refractivity contribution < 1.29 is 9.18 Å². The van der Waals surface area contributed by atoms with Gasteiger partial charge in [0.2, 0.25) is 0 Å². The van der Waals surface area contributed by atoms with Crippen molar-refractivity contribution in [2.75, 3.05) is 19.6 Å². The van der Waals surface area contributed by atoms with Gasteiger partial charge in [-0.05, 0) is 38.1 Å². The van der Waals surface area contributed by atoms with Gasteiger partial charge in [-0.15, -0.1) is 0 Å². The van der Waals surface area contributed by atoms with Crippen LogP contribution in [0.2, 0.25) is 0 Å². The predicted molar refractivity (Wildman–Crippen MR) is 77.0 cm³/mol. The summed E-state index contributed by atoms with van der Waals surface area (Å²) in [5.41, 5.74) is 0.470. The molecule has 0 radical (unpaired) electrons. The lowest BCUT2D eigenvalue weighted by molar-refractivity contribution is 0.0928. The first-order valence-corrected chi connectivity index (χ1v) is 7.18. The van der Waals surface area contributed by atoms with Crippen molar-refractivity contribution in [3.05, 3.63) is 35.6 Å². The van der Waals surface area contributed by atoms with Crippen LogP contribution in [0.25, 0.3) is 0 Å². The minimum absolute atomic E-state index is 0.00621. The second-order valence-corrected chi connectivity index (χ2v) is 4.92.